The molecule has 0 spiro atoms. The monoisotopic (exact) mass is 272 g/mol. The number of nitrogens with one attached hydrogen (secondary N) is 2. The minimum Gasteiger partial charge on any atom is -0.391 e. The number of hydrogen-bond acceptors (Lipinski definition) is 3. The van der Waals surface area contributed by atoms with E-state index in [1.54, 1.807) is 0 Å². The van der Waals surface area contributed by atoms with Crippen LogP contribution >= 0.6 is 11.6 Å². The number of rotatable bonds is 3. The first-order valence-corrected chi connectivity index (χ1v) is 6.08. The summed E-state index contributed by atoms with van der Waals surface area (Å²) in [6.45, 7) is 1.51. The SMILES string of the molecule is O=C(NCC1CNCC1O)c1cccc(F)c1Cl. The van der Waals surface area contributed by atoms with Crippen LogP contribution in [-0.4, -0.2) is 36.8 Å². The second-order valence-corrected chi connectivity index (χ2v) is 4.68. The molecule has 1 fully saturated rings. The van der Waals surface area contributed by atoms with Crippen molar-refractivity contribution in [2.45, 2.75) is 6.10 Å². The van der Waals surface area contributed by atoms with E-state index >= 15 is 0 Å². The van der Waals surface area contributed by atoms with Crippen molar-refractivity contribution < 1.29 is 14.3 Å². The van der Waals surface area contributed by atoms with E-state index in [2.05, 4.69) is 10.6 Å². The van der Waals surface area contributed by atoms with Crippen LogP contribution in [0, 0.1) is 11.7 Å². The Morgan fingerprint density at radius 2 is 2.33 bits per heavy atom. The topological polar surface area (TPSA) is 61.4 Å². The molecule has 1 heterocycles. The van der Waals surface area contributed by atoms with Crippen LogP contribution in [0.4, 0.5) is 4.39 Å². The minimum absolute atomic E-state index is 0.0266. The Morgan fingerprint density at radius 3 is 3.00 bits per heavy atom. The molecule has 6 heteroatoms. The van der Waals surface area contributed by atoms with Gasteiger partial charge in [-0.1, -0.05) is 17.7 Å². The van der Waals surface area contributed by atoms with Crippen molar-refractivity contribution in [2.24, 2.45) is 5.92 Å². The third-order valence-electron chi connectivity index (χ3n) is 3.03. The zero-order chi connectivity index (χ0) is 13.1. The quantitative estimate of drug-likeness (QED) is 0.762. The lowest BCUT2D eigenvalue weighted by molar-refractivity contribution is 0.0927. The minimum atomic E-state index is -0.619. The first kappa shape index (κ1) is 13.3. The number of β-amino-alcohol motifs (C(OH)–C–C–N with tert-alkyl or cyclic N) is 1. The number of carbonyl (C=O) groups excluding carboxylic acids is 1. The summed E-state index contributed by atoms with van der Waals surface area (Å²) in [7, 11) is 0. The lowest BCUT2D eigenvalue weighted by atomic mass is 10.1. The molecule has 0 bridgehead atoms. The summed E-state index contributed by atoms with van der Waals surface area (Å²) < 4.78 is 13.2. The second-order valence-electron chi connectivity index (χ2n) is 4.30. The maximum Gasteiger partial charge on any atom is 0.252 e. The molecule has 0 radical (unpaired) electrons. The van der Waals surface area contributed by atoms with Crippen molar-refractivity contribution in [1.29, 1.82) is 0 Å². The van der Waals surface area contributed by atoms with E-state index in [0.717, 1.165) is 0 Å². The molecule has 1 aliphatic rings. The van der Waals surface area contributed by atoms with Gasteiger partial charge in [-0.15, -0.1) is 0 Å². The van der Waals surface area contributed by atoms with Gasteiger partial charge in [0.1, 0.15) is 5.82 Å². The van der Waals surface area contributed by atoms with Crippen LogP contribution in [0.3, 0.4) is 0 Å². The fourth-order valence-corrected chi connectivity index (χ4v) is 2.14. The van der Waals surface area contributed by atoms with Crippen molar-refractivity contribution in [3.05, 3.63) is 34.6 Å². The van der Waals surface area contributed by atoms with Gasteiger partial charge in [0.15, 0.2) is 0 Å². The van der Waals surface area contributed by atoms with Crippen LogP contribution in [0.25, 0.3) is 0 Å². The summed E-state index contributed by atoms with van der Waals surface area (Å²) in [5, 5.41) is 15.1. The smallest absolute Gasteiger partial charge is 0.252 e. The zero-order valence-corrected chi connectivity index (χ0v) is 10.4. The van der Waals surface area contributed by atoms with E-state index in [9.17, 15) is 14.3 Å². The normalized spacial score (nSPS) is 23.1. The Hall–Kier alpha value is -1.17. The third-order valence-corrected chi connectivity index (χ3v) is 3.41. The van der Waals surface area contributed by atoms with Gasteiger partial charge >= 0.3 is 0 Å². The average molecular weight is 273 g/mol. The first-order valence-electron chi connectivity index (χ1n) is 5.70. The summed E-state index contributed by atoms with van der Waals surface area (Å²) in [4.78, 5) is 11.8. The Balaban J connectivity index is 1.97. The number of halogens is 2. The molecule has 1 saturated heterocycles. The molecule has 0 aliphatic carbocycles. The number of hydrogen-bond donors (Lipinski definition) is 3. The molecule has 2 rings (SSSR count). The lowest BCUT2D eigenvalue weighted by Crippen LogP contribution is -2.34. The molecule has 4 nitrogen and oxygen atoms in total. The number of aliphatic hydroxyl groups excluding tert-OH is 1. The molecule has 1 aliphatic heterocycles. The molecule has 3 N–H and O–H groups in total. The van der Waals surface area contributed by atoms with Crippen LogP contribution < -0.4 is 10.6 Å². The molecule has 98 valence electrons. The van der Waals surface area contributed by atoms with Gasteiger partial charge in [-0.2, -0.15) is 0 Å². The van der Waals surface area contributed by atoms with Crippen molar-refractivity contribution >= 4 is 17.5 Å². The maximum absolute atomic E-state index is 13.2. The highest BCUT2D eigenvalue weighted by Crippen LogP contribution is 2.19. The van der Waals surface area contributed by atoms with Gasteiger partial charge in [0.25, 0.3) is 5.91 Å². The molecule has 1 aromatic carbocycles. The Labute approximate surface area is 109 Å². The lowest BCUT2D eigenvalue weighted by Gasteiger charge is -2.14. The van der Waals surface area contributed by atoms with Gasteiger partial charge in [-0.25, -0.2) is 4.39 Å². The Kier molecular flexibility index (Phi) is 4.16. The molecular formula is C12H14ClFN2O2. The van der Waals surface area contributed by atoms with Crippen molar-refractivity contribution in [2.75, 3.05) is 19.6 Å². The number of aliphatic hydroxyl groups is 1. The fourth-order valence-electron chi connectivity index (χ4n) is 1.93. The number of carbonyl (C=O) groups is 1. The Morgan fingerprint density at radius 1 is 1.56 bits per heavy atom. The average Bonchev–Trinajstić information content (AvgIpc) is 2.75. The predicted molar refractivity (Wildman–Crippen MR) is 66.1 cm³/mol. The van der Waals surface area contributed by atoms with Crippen LogP contribution in [0.1, 0.15) is 10.4 Å². The van der Waals surface area contributed by atoms with Gasteiger partial charge in [0.05, 0.1) is 16.7 Å². The van der Waals surface area contributed by atoms with Gasteiger partial charge in [0, 0.05) is 25.6 Å². The largest absolute Gasteiger partial charge is 0.391 e. The van der Waals surface area contributed by atoms with Gasteiger partial charge in [-0.05, 0) is 12.1 Å². The molecule has 0 aromatic heterocycles. The molecule has 0 saturated carbocycles. The highest BCUT2D eigenvalue weighted by Gasteiger charge is 2.25. The Bertz CT molecular complexity index is 456. The van der Waals surface area contributed by atoms with E-state index in [1.165, 1.54) is 18.2 Å². The number of benzene rings is 1. The van der Waals surface area contributed by atoms with Crippen molar-refractivity contribution in [1.82, 2.24) is 10.6 Å². The van der Waals surface area contributed by atoms with Crippen molar-refractivity contribution in [3.63, 3.8) is 0 Å². The maximum atomic E-state index is 13.2. The van der Waals surface area contributed by atoms with Gasteiger partial charge < -0.3 is 15.7 Å². The van der Waals surface area contributed by atoms with Gasteiger partial charge in [-0.3, -0.25) is 4.79 Å². The van der Waals surface area contributed by atoms with E-state index in [4.69, 9.17) is 11.6 Å². The van der Waals surface area contributed by atoms with Crippen LogP contribution in [0.15, 0.2) is 18.2 Å². The van der Waals surface area contributed by atoms with Crippen LogP contribution in [0.5, 0.6) is 0 Å². The van der Waals surface area contributed by atoms with Gasteiger partial charge in [0.2, 0.25) is 0 Å². The number of amides is 1. The van der Waals surface area contributed by atoms with E-state index in [1.807, 2.05) is 0 Å². The molecule has 1 amide bonds. The van der Waals surface area contributed by atoms with Crippen molar-refractivity contribution in [3.8, 4) is 0 Å². The molecule has 18 heavy (non-hydrogen) atoms. The summed E-state index contributed by atoms with van der Waals surface area (Å²) in [5.41, 5.74) is 0.108. The summed E-state index contributed by atoms with van der Waals surface area (Å²) in [5.74, 6) is -1.08. The first-order chi connectivity index (χ1) is 8.59. The highest BCUT2D eigenvalue weighted by molar-refractivity contribution is 6.34. The third kappa shape index (κ3) is 2.80. The molecule has 2 unspecified atom stereocenters. The van der Waals surface area contributed by atoms with E-state index < -0.39 is 17.8 Å². The fraction of sp³-hybridized carbons (Fsp3) is 0.417. The molecule has 1 aromatic rings. The van der Waals surface area contributed by atoms with E-state index in [-0.39, 0.29) is 16.5 Å². The predicted octanol–water partition coefficient (Wildman–Crippen LogP) is 0.789. The second kappa shape index (κ2) is 5.65. The van der Waals surface area contributed by atoms with E-state index in [0.29, 0.717) is 19.6 Å². The van der Waals surface area contributed by atoms with Crippen LogP contribution in [0.2, 0.25) is 5.02 Å². The standard InChI is InChI=1S/C12H14ClFN2O2/c13-11-8(2-1-3-9(11)14)12(18)16-5-7-4-15-6-10(7)17/h1-3,7,10,15,17H,4-6H2,(H,16,18). The summed E-state index contributed by atoms with van der Waals surface area (Å²) in [6, 6.07) is 4.09. The van der Waals surface area contributed by atoms with Crippen LogP contribution in [-0.2, 0) is 0 Å². The molecule has 2 atom stereocenters. The highest BCUT2D eigenvalue weighted by atomic mass is 35.5. The summed E-state index contributed by atoms with van der Waals surface area (Å²) >= 11 is 5.71. The molecular weight excluding hydrogens is 259 g/mol. The summed E-state index contributed by atoms with van der Waals surface area (Å²) in [6.07, 6.45) is -0.465. The zero-order valence-electron chi connectivity index (χ0n) is 9.62.